The highest BCUT2D eigenvalue weighted by Crippen LogP contribution is 2.17. The second-order valence-corrected chi connectivity index (χ2v) is 5.14. The number of rotatable bonds is 5. The van der Waals surface area contributed by atoms with Gasteiger partial charge in [0.2, 0.25) is 0 Å². The van der Waals surface area contributed by atoms with Crippen molar-refractivity contribution in [3.05, 3.63) is 29.8 Å². The molecule has 3 nitrogen and oxygen atoms in total. The van der Waals surface area contributed by atoms with Crippen molar-refractivity contribution >= 4 is 0 Å². The molecule has 0 saturated carbocycles. The van der Waals surface area contributed by atoms with Gasteiger partial charge in [-0.3, -0.25) is 0 Å². The Hall–Kier alpha value is -1.06. The number of hydrogen-bond donors (Lipinski definition) is 1. The highest BCUT2D eigenvalue weighted by Gasteiger charge is 2.15. The van der Waals surface area contributed by atoms with Crippen LogP contribution in [0.2, 0.25) is 0 Å². The number of ether oxygens (including phenoxy) is 2. The first-order chi connectivity index (χ1) is 8.74. The average Bonchev–Trinajstić information content (AvgIpc) is 2.39. The first-order valence-electron chi connectivity index (χ1n) is 6.81. The van der Waals surface area contributed by atoms with Gasteiger partial charge in [-0.2, -0.15) is 0 Å². The van der Waals surface area contributed by atoms with E-state index in [0.29, 0.717) is 6.04 Å². The van der Waals surface area contributed by atoms with Gasteiger partial charge in [-0.05, 0) is 30.5 Å². The van der Waals surface area contributed by atoms with Gasteiger partial charge in [-0.1, -0.05) is 26.0 Å². The van der Waals surface area contributed by atoms with Crippen molar-refractivity contribution in [3.8, 4) is 5.75 Å². The molecule has 1 heterocycles. The maximum absolute atomic E-state index is 5.89. The SMILES string of the molecule is CC(C)NCc1ccc(OC2CCCOC2)cc1. The third-order valence-electron chi connectivity index (χ3n) is 3.06. The van der Waals surface area contributed by atoms with Crippen LogP contribution in [0.15, 0.2) is 24.3 Å². The van der Waals surface area contributed by atoms with Gasteiger partial charge in [-0.15, -0.1) is 0 Å². The van der Waals surface area contributed by atoms with Crippen LogP contribution in [0.1, 0.15) is 32.3 Å². The van der Waals surface area contributed by atoms with Crippen molar-refractivity contribution < 1.29 is 9.47 Å². The van der Waals surface area contributed by atoms with Crippen molar-refractivity contribution in [1.29, 1.82) is 0 Å². The Bertz CT molecular complexity index is 342. The Morgan fingerprint density at radius 1 is 1.33 bits per heavy atom. The summed E-state index contributed by atoms with van der Waals surface area (Å²) in [6.45, 7) is 6.81. The van der Waals surface area contributed by atoms with Crippen LogP contribution >= 0.6 is 0 Å². The van der Waals surface area contributed by atoms with Crippen LogP contribution in [0, 0.1) is 0 Å². The highest BCUT2D eigenvalue weighted by molar-refractivity contribution is 5.27. The standard InChI is InChI=1S/C15H23NO2/c1-12(2)16-10-13-5-7-14(8-6-13)18-15-4-3-9-17-11-15/h5-8,12,15-16H,3-4,9-11H2,1-2H3. The molecular weight excluding hydrogens is 226 g/mol. The van der Waals surface area contributed by atoms with Gasteiger partial charge >= 0.3 is 0 Å². The number of hydrogen-bond acceptors (Lipinski definition) is 3. The molecule has 1 saturated heterocycles. The Labute approximate surface area is 109 Å². The summed E-state index contributed by atoms with van der Waals surface area (Å²) < 4.78 is 11.3. The second-order valence-electron chi connectivity index (χ2n) is 5.14. The summed E-state index contributed by atoms with van der Waals surface area (Å²) >= 11 is 0. The summed E-state index contributed by atoms with van der Waals surface area (Å²) in [5.41, 5.74) is 1.29. The van der Waals surface area contributed by atoms with E-state index in [2.05, 4.69) is 31.3 Å². The van der Waals surface area contributed by atoms with E-state index >= 15 is 0 Å². The minimum absolute atomic E-state index is 0.221. The predicted molar refractivity (Wildman–Crippen MR) is 72.9 cm³/mol. The molecule has 0 radical (unpaired) electrons. The van der Waals surface area contributed by atoms with E-state index < -0.39 is 0 Å². The molecule has 0 aromatic heterocycles. The van der Waals surface area contributed by atoms with Gasteiger partial charge in [0.25, 0.3) is 0 Å². The Morgan fingerprint density at radius 3 is 2.72 bits per heavy atom. The Morgan fingerprint density at radius 2 is 2.11 bits per heavy atom. The zero-order valence-corrected chi connectivity index (χ0v) is 11.3. The lowest BCUT2D eigenvalue weighted by Gasteiger charge is -2.23. The third-order valence-corrected chi connectivity index (χ3v) is 3.06. The van der Waals surface area contributed by atoms with E-state index in [1.807, 2.05) is 12.1 Å². The number of nitrogens with one attached hydrogen (secondary N) is 1. The van der Waals surface area contributed by atoms with Gasteiger partial charge in [0.05, 0.1) is 6.61 Å². The molecule has 2 rings (SSSR count). The molecule has 1 aromatic rings. The van der Waals surface area contributed by atoms with Crippen LogP contribution in [0.25, 0.3) is 0 Å². The molecule has 1 atom stereocenters. The van der Waals surface area contributed by atoms with Crippen molar-refractivity contribution in [2.24, 2.45) is 0 Å². The normalized spacial score (nSPS) is 20.1. The summed E-state index contributed by atoms with van der Waals surface area (Å²) in [5.74, 6) is 0.943. The van der Waals surface area contributed by atoms with Gasteiger partial charge in [0.15, 0.2) is 0 Å². The van der Waals surface area contributed by atoms with E-state index in [0.717, 1.165) is 38.3 Å². The molecule has 3 heteroatoms. The van der Waals surface area contributed by atoms with Gasteiger partial charge in [0.1, 0.15) is 11.9 Å². The van der Waals surface area contributed by atoms with E-state index in [1.54, 1.807) is 0 Å². The van der Waals surface area contributed by atoms with Crippen molar-refractivity contribution in [2.75, 3.05) is 13.2 Å². The molecule has 100 valence electrons. The van der Waals surface area contributed by atoms with Crippen LogP contribution in [0.5, 0.6) is 5.75 Å². The van der Waals surface area contributed by atoms with Gasteiger partial charge in [-0.25, -0.2) is 0 Å². The third kappa shape index (κ3) is 4.31. The van der Waals surface area contributed by atoms with E-state index in [1.165, 1.54) is 5.56 Å². The zero-order chi connectivity index (χ0) is 12.8. The van der Waals surface area contributed by atoms with Crippen LogP contribution in [0.4, 0.5) is 0 Å². The molecule has 1 N–H and O–H groups in total. The smallest absolute Gasteiger partial charge is 0.122 e. The van der Waals surface area contributed by atoms with Crippen molar-refractivity contribution in [1.82, 2.24) is 5.32 Å². The molecule has 0 amide bonds. The quantitative estimate of drug-likeness (QED) is 0.870. The molecule has 1 fully saturated rings. The van der Waals surface area contributed by atoms with Gasteiger partial charge < -0.3 is 14.8 Å². The topological polar surface area (TPSA) is 30.5 Å². The minimum atomic E-state index is 0.221. The highest BCUT2D eigenvalue weighted by atomic mass is 16.5. The second kappa shape index (κ2) is 6.76. The largest absolute Gasteiger partial charge is 0.488 e. The minimum Gasteiger partial charge on any atom is -0.488 e. The molecule has 1 aromatic carbocycles. The Balaban J connectivity index is 1.83. The Kier molecular flexibility index (Phi) is 5.02. The summed E-state index contributed by atoms with van der Waals surface area (Å²) in [6, 6.07) is 8.85. The van der Waals surface area contributed by atoms with Crippen LogP contribution in [-0.2, 0) is 11.3 Å². The van der Waals surface area contributed by atoms with Crippen molar-refractivity contribution in [3.63, 3.8) is 0 Å². The average molecular weight is 249 g/mol. The van der Waals surface area contributed by atoms with Crippen LogP contribution < -0.4 is 10.1 Å². The fraction of sp³-hybridized carbons (Fsp3) is 0.600. The van der Waals surface area contributed by atoms with E-state index in [4.69, 9.17) is 9.47 Å². The molecule has 1 unspecified atom stereocenters. The molecular formula is C15H23NO2. The predicted octanol–water partition coefficient (Wildman–Crippen LogP) is 2.74. The van der Waals surface area contributed by atoms with Gasteiger partial charge in [0, 0.05) is 19.2 Å². The summed E-state index contributed by atoms with van der Waals surface area (Å²) in [5, 5.41) is 3.40. The first-order valence-corrected chi connectivity index (χ1v) is 6.81. The molecule has 0 spiro atoms. The molecule has 0 aliphatic carbocycles. The summed E-state index contributed by atoms with van der Waals surface area (Å²) in [4.78, 5) is 0. The molecule has 18 heavy (non-hydrogen) atoms. The molecule has 1 aliphatic rings. The summed E-state index contributed by atoms with van der Waals surface area (Å²) in [6.07, 6.45) is 2.41. The van der Waals surface area contributed by atoms with E-state index in [9.17, 15) is 0 Å². The maximum atomic E-state index is 5.89. The fourth-order valence-corrected chi connectivity index (χ4v) is 2.00. The fourth-order valence-electron chi connectivity index (χ4n) is 2.00. The lowest BCUT2D eigenvalue weighted by Crippen LogP contribution is -2.28. The van der Waals surface area contributed by atoms with Crippen LogP contribution in [-0.4, -0.2) is 25.4 Å². The lowest BCUT2D eigenvalue weighted by molar-refractivity contribution is 0.00742. The first kappa shape index (κ1) is 13.4. The van der Waals surface area contributed by atoms with Crippen molar-refractivity contribution in [2.45, 2.75) is 45.4 Å². The number of benzene rings is 1. The zero-order valence-electron chi connectivity index (χ0n) is 11.3. The maximum Gasteiger partial charge on any atom is 0.122 e. The monoisotopic (exact) mass is 249 g/mol. The summed E-state index contributed by atoms with van der Waals surface area (Å²) in [7, 11) is 0. The van der Waals surface area contributed by atoms with E-state index in [-0.39, 0.29) is 6.10 Å². The van der Waals surface area contributed by atoms with Crippen LogP contribution in [0.3, 0.4) is 0 Å². The molecule has 1 aliphatic heterocycles. The molecule has 0 bridgehead atoms. The lowest BCUT2D eigenvalue weighted by atomic mass is 10.1.